The number of halogens is 12. The monoisotopic (exact) mass is 398 g/mol. The van der Waals surface area contributed by atoms with E-state index in [0.717, 1.165) is 0 Å². The van der Waals surface area contributed by atoms with Crippen molar-refractivity contribution in [3.05, 3.63) is 0 Å². The second kappa shape index (κ2) is 5.01. The fraction of sp³-hybridized carbons (Fsp3) is 1.00. The Morgan fingerprint density at radius 1 is 0.609 bits per heavy atom. The van der Waals surface area contributed by atoms with Crippen LogP contribution in [-0.2, 0) is 10.1 Å². The van der Waals surface area contributed by atoms with E-state index in [1.54, 1.807) is 0 Å². The van der Waals surface area contributed by atoms with Crippen molar-refractivity contribution in [1.82, 2.24) is 0 Å². The predicted octanol–water partition coefficient (Wildman–Crippen LogP) is 2.59. The fourth-order valence-electron chi connectivity index (χ4n) is 1.08. The average molecular weight is 398 g/mol. The van der Waals surface area contributed by atoms with Gasteiger partial charge in [-0.3, -0.25) is 4.55 Å². The van der Waals surface area contributed by atoms with Crippen LogP contribution in [-0.4, -0.2) is 53.1 Å². The highest BCUT2D eigenvalue weighted by atomic mass is 32.2. The Morgan fingerprint density at radius 2 is 0.913 bits per heavy atom. The van der Waals surface area contributed by atoms with Gasteiger partial charge in [0.05, 0.1) is 0 Å². The maximum absolute atomic E-state index is 13.2. The fourth-order valence-corrected chi connectivity index (χ4v) is 1.85. The molecule has 0 aliphatic carbocycles. The van der Waals surface area contributed by atoms with E-state index in [9.17, 15) is 61.1 Å². The van der Waals surface area contributed by atoms with Crippen molar-refractivity contribution in [1.29, 1.82) is 0 Å². The molecule has 0 rings (SSSR count). The maximum Gasteiger partial charge on any atom is 0.460 e. The van der Waals surface area contributed by atoms with Crippen LogP contribution < -0.4 is 0 Å². The molecule has 0 saturated carbocycles. The van der Waals surface area contributed by atoms with Gasteiger partial charge in [-0.15, -0.1) is 0 Å². The Balaban J connectivity index is 6.77. The summed E-state index contributed by atoms with van der Waals surface area (Å²) < 4.78 is 177. The molecule has 0 fully saturated rings. The molecule has 0 aromatic heterocycles. The lowest BCUT2D eigenvalue weighted by molar-refractivity contribution is -0.425. The van der Waals surface area contributed by atoms with Gasteiger partial charge in [-0.1, -0.05) is 0 Å². The molecule has 17 heteroatoms. The molecule has 2 N–H and O–H groups in total. The molecule has 1 atom stereocenters. The summed E-state index contributed by atoms with van der Waals surface area (Å²) in [5, 5.41) is 0.0191. The molecule has 0 spiro atoms. The first-order valence-corrected chi connectivity index (χ1v) is 5.90. The van der Waals surface area contributed by atoms with Crippen molar-refractivity contribution >= 4 is 10.1 Å². The van der Waals surface area contributed by atoms with E-state index in [0.29, 0.717) is 0 Å². The Labute approximate surface area is 117 Å². The van der Waals surface area contributed by atoms with Gasteiger partial charge in [0.1, 0.15) is 0 Å². The van der Waals surface area contributed by atoms with E-state index in [4.69, 9.17) is 9.66 Å². The zero-order chi connectivity index (χ0) is 19.5. The second-order valence-corrected chi connectivity index (χ2v) is 5.35. The molecule has 23 heavy (non-hydrogen) atoms. The van der Waals surface area contributed by atoms with Gasteiger partial charge >= 0.3 is 45.2 Å². The third-order valence-electron chi connectivity index (χ3n) is 2.29. The van der Waals surface area contributed by atoms with Crippen molar-refractivity contribution in [3.63, 3.8) is 0 Å². The molecule has 0 aromatic rings. The zero-order valence-corrected chi connectivity index (χ0v) is 10.5. The highest BCUT2D eigenvalue weighted by Gasteiger charge is 2.93. The van der Waals surface area contributed by atoms with Gasteiger partial charge in [0.15, 0.2) is 0 Å². The highest BCUT2D eigenvalue weighted by molar-refractivity contribution is 7.87. The molecule has 0 saturated heterocycles. The van der Waals surface area contributed by atoms with E-state index >= 15 is 0 Å². The molecule has 1 unspecified atom stereocenters. The van der Waals surface area contributed by atoms with Gasteiger partial charge in [-0.25, -0.2) is 4.39 Å². The summed E-state index contributed by atoms with van der Waals surface area (Å²) in [5.74, 6) is -24.3. The van der Waals surface area contributed by atoms with Crippen LogP contribution in [0.1, 0.15) is 0 Å². The lowest BCUT2D eigenvalue weighted by Gasteiger charge is -2.40. The van der Waals surface area contributed by atoms with Crippen LogP contribution in [0.4, 0.5) is 52.7 Å². The Morgan fingerprint density at radius 3 is 1.09 bits per heavy atom. The number of hydrogen-bond acceptors (Lipinski definition) is 3. The number of alkyl halides is 12. The predicted molar refractivity (Wildman–Crippen MR) is 43.4 cm³/mol. The van der Waals surface area contributed by atoms with Gasteiger partial charge < -0.3 is 5.11 Å². The van der Waals surface area contributed by atoms with E-state index in [2.05, 4.69) is 0 Å². The molecule has 0 aromatic carbocycles. The summed E-state index contributed by atoms with van der Waals surface area (Å²) in [7, 11) is -7.87. The SMILES string of the molecule is O=S(=O)(O)C(F)(C(O)(F)F)C(F)(F)C(F)(F)C(F)(F)C(F)(F)F. The number of hydrogen-bond donors (Lipinski definition) is 2. The smallest absolute Gasteiger partial charge is 0.333 e. The van der Waals surface area contributed by atoms with Crippen LogP contribution in [0.15, 0.2) is 0 Å². The summed E-state index contributed by atoms with van der Waals surface area (Å²) >= 11 is 0. The normalized spacial score (nSPS) is 18.7. The molecule has 0 aliphatic rings. The third kappa shape index (κ3) is 2.71. The first-order valence-electron chi connectivity index (χ1n) is 4.46. The van der Waals surface area contributed by atoms with E-state index < -0.39 is 45.2 Å². The van der Waals surface area contributed by atoms with Crippen molar-refractivity contribution < 1.29 is 70.8 Å². The van der Waals surface area contributed by atoms with Crippen LogP contribution in [0.5, 0.6) is 0 Å². The summed E-state index contributed by atoms with van der Waals surface area (Å²) in [5.41, 5.74) is 0. The van der Waals surface area contributed by atoms with E-state index in [-0.39, 0.29) is 0 Å². The topological polar surface area (TPSA) is 74.6 Å². The van der Waals surface area contributed by atoms with Crippen molar-refractivity contribution in [3.8, 4) is 0 Å². The van der Waals surface area contributed by atoms with E-state index in [1.807, 2.05) is 0 Å². The van der Waals surface area contributed by atoms with Gasteiger partial charge in [0.2, 0.25) is 0 Å². The number of aliphatic hydroxyl groups is 1. The molecular weight excluding hydrogens is 396 g/mol. The molecule has 0 amide bonds. The molecule has 4 nitrogen and oxygen atoms in total. The minimum absolute atomic E-state index is 7.21. The lowest BCUT2D eigenvalue weighted by Crippen LogP contribution is -2.73. The standard InChI is InChI=1S/C6H2F12O4S/c7-1(8,3(11,12)5(14,15)16)2(9,10)4(13,6(17,18)19)23(20,21)22/h19H,(H,20,21,22). The van der Waals surface area contributed by atoms with Crippen molar-refractivity contribution in [2.45, 2.75) is 35.1 Å². The molecular formula is C6H2F12O4S. The average Bonchev–Trinajstić information content (AvgIpc) is 2.22. The van der Waals surface area contributed by atoms with Crippen molar-refractivity contribution in [2.24, 2.45) is 0 Å². The van der Waals surface area contributed by atoms with Gasteiger partial charge in [-0.2, -0.15) is 56.7 Å². The van der Waals surface area contributed by atoms with Crippen LogP contribution in [0.3, 0.4) is 0 Å². The van der Waals surface area contributed by atoms with Crippen LogP contribution in [0.2, 0.25) is 0 Å². The van der Waals surface area contributed by atoms with Gasteiger partial charge in [0, 0.05) is 0 Å². The van der Waals surface area contributed by atoms with E-state index in [1.165, 1.54) is 0 Å². The van der Waals surface area contributed by atoms with Crippen LogP contribution in [0, 0.1) is 0 Å². The summed E-state index contributed by atoms with van der Waals surface area (Å²) in [6, 6.07) is 0. The molecule has 0 bridgehead atoms. The Bertz CT molecular complexity index is 559. The minimum Gasteiger partial charge on any atom is -0.333 e. The molecule has 140 valence electrons. The van der Waals surface area contributed by atoms with Gasteiger partial charge in [-0.05, 0) is 0 Å². The number of rotatable bonds is 5. The first kappa shape index (κ1) is 22.0. The van der Waals surface area contributed by atoms with Crippen molar-refractivity contribution in [2.75, 3.05) is 0 Å². The molecule has 0 heterocycles. The summed E-state index contributed by atoms with van der Waals surface area (Å²) in [4.78, 5) is 0. The maximum atomic E-state index is 13.2. The second-order valence-electron chi connectivity index (χ2n) is 3.83. The summed E-state index contributed by atoms with van der Waals surface area (Å²) in [6.45, 7) is 0. The third-order valence-corrected chi connectivity index (χ3v) is 3.50. The lowest BCUT2D eigenvalue weighted by atomic mass is 9.98. The van der Waals surface area contributed by atoms with Gasteiger partial charge in [0.25, 0.3) is 0 Å². The zero-order valence-electron chi connectivity index (χ0n) is 9.65. The largest absolute Gasteiger partial charge is 0.460 e. The van der Waals surface area contributed by atoms with Crippen LogP contribution >= 0.6 is 0 Å². The first-order chi connectivity index (χ1) is 9.50. The Kier molecular flexibility index (Phi) is 4.80. The molecule has 0 radical (unpaired) electrons. The quantitative estimate of drug-likeness (QED) is 0.552. The minimum atomic E-state index is -8.17. The summed E-state index contributed by atoms with van der Waals surface area (Å²) in [6.07, 6.45) is -14.8. The van der Waals surface area contributed by atoms with Crippen LogP contribution in [0.25, 0.3) is 0 Å². The molecule has 0 aliphatic heterocycles. The Hall–Kier alpha value is -0.970. The highest BCUT2D eigenvalue weighted by Crippen LogP contribution is 2.60.